The van der Waals surface area contributed by atoms with Crippen LogP contribution in [-0.2, 0) is 11.3 Å². The monoisotopic (exact) mass is 510 g/mol. The van der Waals surface area contributed by atoms with Gasteiger partial charge in [-0.1, -0.05) is 17.3 Å². The van der Waals surface area contributed by atoms with Crippen molar-refractivity contribution in [1.29, 1.82) is 0 Å². The van der Waals surface area contributed by atoms with Crippen LogP contribution in [-0.4, -0.2) is 56.4 Å². The standard InChI is InChI=1S/C26H31FN6O4/c1-14-23-20(32-25(28)29-14)13-19(31-24(23)33-37-11-10-21(34)26(2,3)35)16-9-8-15(27)12-17(16)18-6-5-7-22(30-18)36-4/h5-9,12,19,21,34-35H,10-11,13H2,1-4H3,(H,31,33)(H2,28,29,32)/t19-,21?/m1/s1. The summed E-state index contributed by atoms with van der Waals surface area (Å²) in [5.41, 5.74) is 8.55. The Morgan fingerprint density at radius 3 is 2.76 bits per heavy atom. The summed E-state index contributed by atoms with van der Waals surface area (Å²) < 4.78 is 19.6. The second kappa shape index (κ2) is 10.7. The first-order valence-corrected chi connectivity index (χ1v) is 11.9. The largest absolute Gasteiger partial charge is 0.481 e. The first kappa shape index (κ1) is 26.2. The number of nitrogens with one attached hydrogen (secondary N) is 1. The second-order valence-electron chi connectivity index (χ2n) is 9.42. The van der Waals surface area contributed by atoms with Gasteiger partial charge in [-0.3, -0.25) is 0 Å². The molecule has 10 nitrogen and oxygen atoms in total. The molecular formula is C26H31FN6O4. The highest BCUT2D eigenvalue weighted by Crippen LogP contribution is 2.34. The van der Waals surface area contributed by atoms with Gasteiger partial charge in [0.2, 0.25) is 11.8 Å². The van der Waals surface area contributed by atoms with E-state index in [2.05, 4.69) is 25.4 Å². The molecular weight excluding hydrogens is 479 g/mol. The number of ether oxygens (including phenoxy) is 1. The number of nitrogens with zero attached hydrogens (tertiary/aromatic N) is 4. The smallest absolute Gasteiger partial charge is 0.220 e. The normalized spacial score (nSPS) is 17.2. The number of aliphatic hydroxyl groups is 2. The lowest BCUT2D eigenvalue weighted by molar-refractivity contribution is -0.0615. The van der Waals surface area contributed by atoms with Crippen molar-refractivity contribution < 1.29 is 24.2 Å². The summed E-state index contributed by atoms with van der Waals surface area (Å²) in [5, 5.41) is 27.7. The zero-order chi connectivity index (χ0) is 26.7. The van der Waals surface area contributed by atoms with Gasteiger partial charge in [-0.2, -0.15) is 0 Å². The Hall–Kier alpha value is -3.83. The van der Waals surface area contributed by atoms with Crippen LogP contribution in [0.5, 0.6) is 5.88 Å². The number of aliphatic hydroxyl groups excluding tert-OH is 1. The second-order valence-corrected chi connectivity index (χ2v) is 9.42. The molecule has 0 spiro atoms. The Bertz CT molecular complexity index is 1310. The minimum atomic E-state index is -1.26. The van der Waals surface area contributed by atoms with Crippen molar-refractivity contribution >= 4 is 11.8 Å². The minimum absolute atomic E-state index is 0.0702. The van der Waals surface area contributed by atoms with E-state index in [0.717, 1.165) is 5.56 Å². The molecule has 1 aliphatic heterocycles. The summed E-state index contributed by atoms with van der Waals surface area (Å²) in [6, 6.07) is 9.45. The minimum Gasteiger partial charge on any atom is -0.481 e. The van der Waals surface area contributed by atoms with Gasteiger partial charge in [0.25, 0.3) is 0 Å². The quantitative estimate of drug-likeness (QED) is 0.265. The van der Waals surface area contributed by atoms with Crippen molar-refractivity contribution in [2.75, 3.05) is 19.5 Å². The van der Waals surface area contributed by atoms with E-state index in [1.54, 1.807) is 31.2 Å². The van der Waals surface area contributed by atoms with E-state index in [9.17, 15) is 14.6 Å². The molecule has 0 saturated carbocycles. The Morgan fingerprint density at radius 2 is 2.03 bits per heavy atom. The Labute approximate surface area is 214 Å². The lowest BCUT2D eigenvalue weighted by Gasteiger charge is -2.29. The van der Waals surface area contributed by atoms with Gasteiger partial charge in [0.05, 0.1) is 47.5 Å². The van der Waals surface area contributed by atoms with Gasteiger partial charge >= 0.3 is 0 Å². The van der Waals surface area contributed by atoms with E-state index in [-0.39, 0.29) is 25.0 Å². The SMILES string of the molecule is COc1cccc(-c2cc(F)ccc2[C@H]2Cc3nc(N)nc(C)c3/C(=N/OCCC(O)C(C)(C)O)N2)n1. The number of nitrogens with two attached hydrogens (primary N) is 1. The number of amidine groups is 1. The lowest BCUT2D eigenvalue weighted by atomic mass is 9.90. The molecule has 2 aromatic heterocycles. The molecule has 1 aromatic carbocycles. The molecule has 2 atom stereocenters. The van der Waals surface area contributed by atoms with Crippen LogP contribution in [0.25, 0.3) is 11.3 Å². The van der Waals surface area contributed by atoms with Crippen LogP contribution < -0.4 is 15.8 Å². The maximum Gasteiger partial charge on any atom is 0.220 e. The highest BCUT2D eigenvalue weighted by Gasteiger charge is 2.30. The molecule has 0 fully saturated rings. The Balaban J connectivity index is 1.70. The van der Waals surface area contributed by atoms with E-state index in [0.29, 0.717) is 46.3 Å². The van der Waals surface area contributed by atoms with Crippen LogP contribution in [0.2, 0.25) is 0 Å². The lowest BCUT2D eigenvalue weighted by Crippen LogP contribution is -2.38. The predicted octanol–water partition coefficient (Wildman–Crippen LogP) is 2.66. The van der Waals surface area contributed by atoms with Crippen molar-refractivity contribution in [3.63, 3.8) is 0 Å². The molecule has 0 radical (unpaired) electrons. The number of halogens is 1. The fourth-order valence-electron chi connectivity index (χ4n) is 4.21. The molecule has 0 saturated heterocycles. The van der Waals surface area contributed by atoms with E-state index in [1.165, 1.54) is 33.1 Å². The number of hydrogen-bond acceptors (Lipinski definition) is 9. The molecule has 0 bridgehead atoms. The maximum absolute atomic E-state index is 14.4. The number of pyridine rings is 1. The van der Waals surface area contributed by atoms with Gasteiger partial charge in [0, 0.05) is 24.5 Å². The summed E-state index contributed by atoms with van der Waals surface area (Å²) in [6.45, 7) is 4.92. The number of methoxy groups -OCH3 is 1. The van der Waals surface area contributed by atoms with E-state index < -0.39 is 17.5 Å². The molecule has 0 amide bonds. The highest BCUT2D eigenvalue weighted by molar-refractivity contribution is 6.01. The number of aryl methyl sites for hydroxylation is 1. The zero-order valence-electron chi connectivity index (χ0n) is 21.2. The van der Waals surface area contributed by atoms with Crippen LogP contribution in [0.15, 0.2) is 41.6 Å². The van der Waals surface area contributed by atoms with E-state index in [1.807, 2.05) is 0 Å². The van der Waals surface area contributed by atoms with Crippen molar-refractivity contribution in [2.24, 2.45) is 5.16 Å². The van der Waals surface area contributed by atoms with Gasteiger partial charge < -0.3 is 30.8 Å². The average molecular weight is 511 g/mol. The summed E-state index contributed by atoms with van der Waals surface area (Å²) >= 11 is 0. The summed E-state index contributed by atoms with van der Waals surface area (Å²) in [4.78, 5) is 18.7. The van der Waals surface area contributed by atoms with Gasteiger partial charge in [0.1, 0.15) is 12.4 Å². The molecule has 3 aromatic rings. The molecule has 1 aliphatic rings. The first-order valence-electron chi connectivity index (χ1n) is 11.9. The van der Waals surface area contributed by atoms with Crippen molar-refractivity contribution in [3.05, 3.63) is 64.7 Å². The molecule has 4 rings (SSSR count). The number of hydrogen-bond donors (Lipinski definition) is 4. The summed E-state index contributed by atoms with van der Waals surface area (Å²) in [5.74, 6) is 0.536. The van der Waals surface area contributed by atoms with Gasteiger partial charge in [0.15, 0.2) is 5.84 Å². The molecule has 37 heavy (non-hydrogen) atoms. The fraction of sp³-hybridized carbons (Fsp3) is 0.385. The van der Waals surface area contributed by atoms with Crippen molar-refractivity contribution in [2.45, 2.75) is 51.4 Å². The molecule has 196 valence electrons. The fourth-order valence-corrected chi connectivity index (χ4v) is 4.21. The number of benzene rings is 1. The predicted molar refractivity (Wildman–Crippen MR) is 136 cm³/mol. The third-order valence-corrected chi connectivity index (χ3v) is 6.18. The number of oxime groups is 1. The summed E-state index contributed by atoms with van der Waals surface area (Å²) in [6.07, 6.45) is -0.367. The maximum atomic E-state index is 14.4. The van der Waals surface area contributed by atoms with Crippen molar-refractivity contribution in [3.8, 4) is 17.1 Å². The number of anilines is 1. The first-order chi connectivity index (χ1) is 17.6. The van der Waals surface area contributed by atoms with E-state index in [4.69, 9.17) is 15.3 Å². The number of nitrogen functional groups attached to an aromatic ring is 1. The van der Waals surface area contributed by atoms with E-state index >= 15 is 0 Å². The van der Waals surface area contributed by atoms with Crippen LogP contribution >= 0.6 is 0 Å². The van der Waals surface area contributed by atoms with Crippen LogP contribution in [0.3, 0.4) is 0 Å². The third kappa shape index (κ3) is 5.95. The zero-order valence-corrected chi connectivity index (χ0v) is 21.2. The molecule has 11 heteroatoms. The van der Waals surface area contributed by atoms with Gasteiger partial charge in [-0.15, -0.1) is 0 Å². The number of aromatic nitrogens is 3. The van der Waals surface area contributed by atoms with Gasteiger partial charge in [-0.05, 0) is 44.5 Å². The summed E-state index contributed by atoms with van der Waals surface area (Å²) in [7, 11) is 1.52. The Morgan fingerprint density at radius 1 is 1.24 bits per heavy atom. The Kier molecular flexibility index (Phi) is 7.55. The molecule has 1 unspecified atom stereocenters. The topological polar surface area (TPSA) is 148 Å². The van der Waals surface area contributed by atoms with Crippen molar-refractivity contribution in [1.82, 2.24) is 20.3 Å². The van der Waals surface area contributed by atoms with Gasteiger partial charge in [-0.25, -0.2) is 19.3 Å². The third-order valence-electron chi connectivity index (χ3n) is 6.18. The van der Waals surface area contributed by atoms with Crippen LogP contribution in [0.4, 0.5) is 10.3 Å². The van der Waals surface area contributed by atoms with Crippen LogP contribution in [0.1, 0.15) is 48.8 Å². The molecule has 0 aliphatic carbocycles. The molecule has 5 N–H and O–H groups in total. The highest BCUT2D eigenvalue weighted by atomic mass is 19.1. The van der Waals surface area contributed by atoms with Crippen LogP contribution in [0, 0.1) is 12.7 Å². The molecule has 3 heterocycles. The number of fused-ring (bicyclic) bond motifs is 1. The average Bonchev–Trinajstić information content (AvgIpc) is 2.85. The number of rotatable bonds is 8.